The van der Waals surface area contributed by atoms with Gasteiger partial charge in [-0.15, -0.1) is 0 Å². The number of fused-ring (bicyclic) bond motifs is 1. The molecule has 0 saturated heterocycles. The van der Waals surface area contributed by atoms with E-state index >= 15 is 0 Å². The van der Waals surface area contributed by atoms with Crippen molar-refractivity contribution in [1.29, 1.82) is 0 Å². The quantitative estimate of drug-likeness (QED) is 0.510. The molecule has 5 nitrogen and oxygen atoms in total. The number of halogens is 1. The first-order chi connectivity index (χ1) is 9.08. The lowest BCUT2D eigenvalue weighted by molar-refractivity contribution is -0.112. The summed E-state index contributed by atoms with van der Waals surface area (Å²) in [6.07, 6.45) is 2.90. The van der Waals surface area contributed by atoms with E-state index in [9.17, 15) is 4.79 Å². The zero-order chi connectivity index (χ0) is 13.8. The number of anilines is 1. The molecule has 0 fully saturated rings. The van der Waals surface area contributed by atoms with Crippen molar-refractivity contribution >= 4 is 50.3 Å². The maximum absolute atomic E-state index is 11.9. The molecule has 0 unspecified atom stereocenters. The van der Waals surface area contributed by atoms with E-state index in [0.717, 1.165) is 17.2 Å². The Morgan fingerprint density at radius 3 is 2.95 bits per heavy atom. The molecule has 1 heterocycles. The van der Waals surface area contributed by atoms with Crippen LogP contribution in [0.2, 0.25) is 0 Å². The van der Waals surface area contributed by atoms with Crippen molar-refractivity contribution in [3.05, 3.63) is 40.6 Å². The molecule has 1 aromatic heterocycles. The Hall–Kier alpha value is -1.73. The molecule has 0 bridgehead atoms. The van der Waals surface area contributed by atoms with Gasteiger partial charge in [0.1, 0.15) is 11.0 Å². The van der Waals surface area contributed by atoms with Crippen LogP contribution in [0, 0.1) is 0 Å². The molecule has 1 aromatic carbocycles. The summed E-state index contributed by atoms with van der Waals surface area (Å²) in [5, 5.41) is 11.7. The number of aliphatic hydroxyl groups excluding tert-OH is 1. The average Bonchev–Trinajstić information content (AvgIpc) is 2.85. The molecule has 0 saturated carbocycles. The van der Waals surface area contributed by atoms with E-state index in [1.807, 2.05) is 12.1 Å². The Labute approximate surface area is 122 Å². The Bertz CT molecular complexity index is 674. The first kappa shape index (κ1) is 13.7. The van der Waals surface area contributed by atoms with Gasteiger partial charge < -0.3 is 10.4 Å². The van der Waals surface area contributed by atoms with Crippen molar-refractivity contribution in [2.45, 2.75) is 6.92 Å². The molecule has 0 aliphatic heterocycles. The summed E-state index contributed by atoms with van der Waals surface area (Å²) in [6, 6.07) is 5.41. The molecule has 0 atom stereocenters. The Morgan fingerprint density at radius 2 is 2.21 bits per heavy atom. The maximum atomic E-state index is 11.9. The van der Waals surface area contributed by atoms with Crippen LogP contribution >= 0.6 is 27.7 Å². The van der Waals surface area contributed by atoms with Gasteiger partial charge in [0.05, 0.1) is 17.4 Å². The van der Waals surface area contributed by atoms with Crippen molar-refractivity contribution in [3.8, 4) is 0 Å². The monoisotopic (exact) mass is 339 g/mol. The number of aromatic nitrogens is 2. The number of benzene rings is 1. The number of allylic oxidation sites excluding steroid dienone is 2. The number of amides is 1. The fourth-order valence-electron chi connectivity index (χ4n) is 1.40. The number of hydrogen-bond donors (Lipinski definition) is 2. The molecule has 2 rings (SSSR count). The van der Waals surface area contributed by atoms with Crippen LogP contribution in [0.1, 0.15) is 6.92 Å². The second-order valence-corrected chi connectivity index (χ2v) is 5.07. The molecule has 1 amide bonds. The number of carbonyl (C=O) groups is 1. The SMILES string of the molecule is C/C(=C\C=C(/O)Br)C(=O)Nc1cccc2nsnc12. The van der Waals surface area contributed by atoms with Crippen LogP contribution < -0.4 is 5.32 Å². The Kier molecular flexibility index (Phi) is 4.28. The van der Waals surface area contributed by atoms with Gasteiger partial charge in [-0.25, -0.2) is 0 Å². The summed E-state index contributed by atoms with van der Waals surface area (Å²) in [5.74, 6) is -0.259. The van der Waals surface area contributed by atoms with Gasteiger partial charge in [-0.2, -0.15) is 8.75 Å². The highest BCUT2D eigenvalue weighted by Crippen LogP contribution is 2.21. The third-order valence-corrected chi connectivity index (χ3v) is 3.17. The molecule has 0 aliphatic carbocycles. The van der Waals surface area contributed by atoms with Crippen LogP contribution in [0.3, 0.4) is 0 Å². The highest BCUT2D eigenvalue weighted by atomic mass is 79.9. The first-order valence-electron chi connectivity index (χ1n) is 5.33. The normalized spacial score (nSPS) is 12.7. The third kappa shape index (κ3) is 3.39. The van der Waals surface area contributed by atoms with Gasteiger partial charge in [-0.1, -0.05) is 6.07 Å². The second-order valence-electron chi connectivity index (χ2n) is 3.73. The van der Waals surface area contributed by atoms with Gasteiger partial charge in [0.2, 0.25) is 0 Å². The minimum Gasteiger partial charge on any atom is -0.502 e. The van der Waals surface area contributed by atoms with Gasteiger partial charge in [0.15, 0.2) is 4.67 Å². The lowest BCUT2D eigenvalue weighted by atomic mass is 10.2. The summed E-state index contributed by atoms with van der Waals surface area (Å²) in [6.45, 7) is 1.65. The van der Waals surface area contributed by atoms with Gasteiger partial charge in [0, 0.05) is 5.57 Å². The molecule has 0 spiro atoms. The van der Waals surface area contributed by atoms with Crippen LogP contribution in [-0.4, -0.2) is 19.8 Å². The number of nitrogens with zero attached hydrogens (tertiary/aromatic N) is 2. The summed E-state index contributed by atoms with van der Waals surface area (Å²) in [7, 11) is 0. The molecule has 98 valence electrons. The largest absolute Gasteiger partial charge is 0.502 e. The van der Waals surface area contributed by atoms with Gasteiger partial charge in [-0.05, 0) is 47.1 Å². The molecular weight excluding hydrogens is 330 g/mol. The van der Waals surface area contributed by atoms with Crippen LogP contribution in [-0.2, 0) is 4.79 Å². The highest BCUT2D eigenvalue weighted by Gasteiger charge is 2.09. The van der Waals surface area contributed by atoms with E-state index < -0.39 is 0 Å². The standard InChI is InChI=1S/C12H10BrN3O2S/c1-7(5-6-10(13)17)12(18)14-8-3-2-4-9-11(8)16-19-15-9/h2-6,17H,1H3,(H,14,18)/b7-5+,10-6-. The van der Waals surface area contributed by atoms with Crippen LogP contribution in [0.4, 0.5) is 5.69 Å². The molecule has 7 heteroatoms. The maximum Gasteiger partial charge on any atom is 0.251 e. The lowest BCUT2D eigenvalue weighted by Crippen LogP contribution is -2.12. The van der Waals surface area contributed by atoms with Crippen molar-refractivity contribution < 1.29 is 9.90 Å². The predicted molar refractivity (Wildman–Crippen MR) is 79.4 cm³/mol. The fourth-order valence-corrected chi connectivity index (χ4v) is 2.08. The van der Waals surface area contributed by atoms with Crippen LogP contribution in [0.5, 0.6) is 0 Å². The summed E-state index contributed by atoms with van der Waals surface area (Å²) >= 11 is 3.97. The highest BCUT2D eigenvalue weighted by molar-refractivity contribution is 9.11. The smallest absolute Gasteiger partial charge is 0.251 e. The average molecular weight is 340 g/mol. The molecule has 2 N–H and O–H groups in total. The second kappa shape index (κ2) is 5.94. The Morgan fingerprint density at radius 1 is 1.42 bits per heavy atom. The topological polar surface area (TPSA) is 75.1 Å². The van der Waals surface area contributed by atoms with Gasteiger partial charge in [0.25, 0.3) is 5.91 Å². The summed E-state index contributed by atoms with van der Waals surface area (Å²) in [4.78, 5) is 11.9. The van der Waals surface area contributed by atoms with Gasteiger partial charge >= 0.3 is 0 Å². The molecular formula is C12H10BrN3O2S. The summed E-state index contributed by atoms with van der Waals surface area (Å²) in [5.41, 5.74) is 2.51. The van der Waals surface area contributed by atoms with Crippen molar-refractivity contribution in [1.82, 2.24) is 8.75 Å². The number of aliphatic hydroxyl groups is 1. The molecule has 19 heavy (non-hydrogen) atoms. The van der Waals surface area contributed by atoms with Gasteiger partial charge in [-0.3, -0.25) is 4.79 Å². The predicted octanol–water partition coefficient (Wildman–Crippen LogP) is 3.37. The van der Waals surface area contributed by atoms with E-state index in [1.54, 1.807) is 13.0 Å². The van der Waals surface area contributed by atoms with Crippen LogP contribution in [0.15, 0.2) is 40.6 Å². The minimum absolute atomic E-state index is 0.0366. The Balaban J connectivity index is 2.21. The van der Waals surface area contributed by atoms with Crippen LogP contribution in [0.25, 0.3) is 11.0 Å². The van der Waals surface area contributed by atoms with Crippen molar-refractivity contribution in [3.63, 3.8) is 0 Å². The molecule has 2 aromatic rings. The van der Waals surface area contributed by atoms with Crippen molar-refractivity contribution in [2.24, 2.45) is 0 Å². The summed E-state index contributed by atoms with van der Waals surface area (Å²) < 4.78 is 8.21. The zero-order valence-corrected chi connectivity index (χ0v) is 12.3. The number of nitrogens with one attached hydrogen (secondary N) is 1. The number of carbonyl (C=O) groups excluding carboxylic acids is 1. The molecule has 0 radical (unpaired) electrons. The van der Waals surface area contributed by atoms with E-state index in [0.29, 0.717) is 16.8 Å². The van der Waals surface area contributed by atoms with E-state index in [4.69, 9.17) is 5.11 Å². The first-order valence-corrected chi connectivity index (χ1v) is 6.86. The van der Waals surface area contributed by atoms with E-state index in [2.05, 4.69) is 30.0 Å². The minimum atomic E-state index is -0.259. The zero-order valence-electron chi connectivity index (χ0n) is 9.92. The lowest BCUT2D eigenvalue weighted by Gasteiger charge is -2.05. The number of rotatable bonds is 3. The van der Waals surface area contributed by atoms with Crippen molar-refractivity contribution in [2.75, 3.05) is 5.32 Å². The van der Waals surface area contributed by atoms with E-state index in [1.165, 1.54) is 12.2 Å². The number of hydrogen-bond acceptors (Lipinski definition) is 5. The fraction of sp³-hybridized carbons (Fsp3) is 0.0833. The third-order valence-electron chi connectivity index (χ3n) is 2.36. The van der Waals surface area contributed by atoms with E-state index in [-0.39, 0.29) is 10.6 Å². The molecule has 0 aliphatic rings.